The van der Waals surface area contributed by atoms with Crippen LogP contribution in [0.25, 0.3) is 11.3 Å². The lowest BCUT2D eigenvalue weighted by atomic mass is 10.2. The predicted molar refractivity (Wildman–Crippen MR) is 90.7 cm³/mol. The van der Waals surface area contributed by atoms with Crippen LogP contribution in [0.5, 0.6) is 0 Å². The first-order valence-corrected chi connectivity index (χ1v) is 7.77. The fraction of sp³-hybridized carbons (Fsp3) is 0. The number of aromatic nitrogens is 1. The van der Waals surface area contributed by atoms with Crippen LogP contribution >= 0.6 is 22.9 Å². The molecular weight excluding hydrogens is 318 g/mol. The molecule has 0 aliphatic rings. The van der Waals surface area contributed by atoms with Crippen molar-refractivity contribution in [3.8, 4) is 11.3 Å². The molecule has 3 rings (SSSR count). The Hall–Kier alpha value is -2.37. The highest BCUT2D eigenvalue weighted by Gasteiger charge is 2.19. The Morgan fingerprint density at radius 1 is 1.09 bits per heavy atom. The molecule has 0 aliphatic carbocycles. The first-order chi connectivity index (χ1) is 10.6. The number of carbonyl (C=O) groups is 1. The second-order valence-electron chi connectivity index (χ2n) is 4.53. The van der Waals surface area contributed by atoms with Crippen molar-refractivity contribution < 1.29 is 4.79 Å². The average Bonchev–Trinajstić information content (AvgIpc) is 2.99. The van der Waals surface area contributed by atoms with Gasteiger partial charge in [0, 0.05) is 16.0 Å². The van der Waals surface area contributed by atoms with E-state index in [1.54, 1.807) is 24.3 Å². The molecule has 2 aromatic carbocycles. The molecule has 22 heavy (non-hydrogen) atoms. The number of nitrogens with two attached hydrogens (primary N) is 1. The van der Waals surface area contributed by atoms with Gasteiger partial charge in [-0.3, -0.25) is 0 Å². The SMILES string of the molecule is NC(=O)N(c1ccc(Cl)cc1)c1nc(-c2ccccc2)cs1. The summed E-state index contributed by atoms with van der Waals surface area (Å²) in [5.41, 5.74) is 7.94. The Balaban J connectivity index is 1.98. The first-order valence-electron chi connectivity index (χ1n) is 6.51. The van der Waals surface area contributed by atoms with Gasteiger partial charge in [0.25, 0.3) is 0 Å². The van der Waals surface area contributed by atoms with E-state index >= 15 is 0 Å². The van der Waals surface area contributed by atoms with Crippen LogP contribution in [0.15, 0.2) is 60.0 Å². The van der Waals surface area contributed by atoms with Gasteiger partial charge in [-0.25, -0.2) is 14.7 Å². The van der Waals surface area contributed by atoms with E-state index < -0.39 is 6.03 Å². The predicted octanol–water partition coefficient (Wildman–Crippen LogP) is 4.68. The molecule has 1 aromatic heterocycles. The summed E-state index contributed by atoms with van der Waals surface area (Å²) in [6.07, 6.45) is 0. The summed E-state index contributed by atoms with van der Waals surface area (Å²) in [4.78, 5) is 17.7. The van der Waals surface area contributed by atoms with Crippen LogP contribution < -0.4 is 10.6 Å². The number of nitrogens with zero attached hydrogens (tertiary/aromatic N) is 2. The van der Waals surface area contributed by atoms with Crippen molar-refractivity contribution in [3.05, 3.63) is 65.0 Å². The Bertz CT molecular complexity index is 787. The smallest absolute Gasteiger partial charge is 0.325 e. The van der Waals surface area contributed by atoms with Crippen molar-refractivity contribution in [1.82, 2.24) is 4.98 Å². The maximum Gasteiger partial charge on any atom is 0.325 e. The number of urea groups is 1. The molecule has 0 fully saturated rings. The summed E-state index contributed by atoms with van der Waals surface area (Å²) < 4.78 is 0. The number of hydrogen-bond donors (Lipinski definition) is 1. The number of benzene rings is 2. The molecule has 110 valence electrons. The van der Waals surface area contributed by atoms with Gasteiger partial charge in [0.2, 0.25) is 0 Å². The fourth-order valence-corrected chi connectivity index (χ4v) is 3.01. The highest BCUT2D eigenvalue weighted by molar-refractivity contribution is 7.14. The maximum absolute atomic E-state index is 11.8. The van der Waals surface area contributed by atoms with Gasteiger partial charge in [0.1, 0.15) is 0 Å². The lowest BCUT2D eigenvalue weighted by Gasteiger charge is -2.17. The van der Waals surface area contributed by atoms with E-state index in [1.165, 1.54) is 16.2 Å². The Kier molecular flexibility index (Phi) is 4.09. The second-order valence-corrected chi connectivity index (χ2v) is 5.80. The molecule has 0 saturated heterocycles. The van der Waals surface area contributed by atoms with Gasteiger partial charge >= 0.3 is 6.03 Å². The molecule has 0 bridgehead atoms. The van der Waals surface area contributed by atoms with E-state index in [2.05, 4.69) is 4.98 Å². The summed E-state index contributed by atoms with van der Waals surface area (Å²) in [5, 5.41) is 3.02. The quantitative estimate of drug-likeness (QED) is 0.758. The van der Waals surface area contributed by atoms with Gasteiger partial charge in [0.15, 0.2) is 5.13 Å². The highest BCUT2D eigenvalue weighted by atomic mass is 35.5. The zero-order valence-corrected chi connectivity index (χ0v) is 13.0. The second kappa shape index (κ2) is 6.17. The summed E-state index contributed by atoms with van der Waals surface area (Å²) in [5.74, 6) is 0. The molecule has 2 amide bonds. The van der Waals surface area contributed by atoms with Gasteiger partial charge in [0.05, 0.1) is 11.4 Å². The van der Waals surface area contributed by atoms with Crippen molar-refractivity contribution in [2.75, 3.05) is 4.90 Å². The lowest BCUT2D eigenvalue weighted by Crippen LogP contribution is -2.31. The molecule has 3 aromatic rings. The minimum absolute atomic E-state index is 0.522. The van der Waals surface area contributed by atoms with Crippen LogP contribution in [0.1, 0.15) is 0 Å². The molecule has 6 heteroatoms. The number of hydrogen-bond acceptors (Lipinski definition) is 3. The van der Waals surface area contributed by atoms with Crippen LogP contribution in [-0.2, 0) is 0 Å². The summed E-state index contributed by atoms with van der Waals surface area (Å²) in [7, 11) is 0. The van der Waals surface area contributed by atoms with Gasteiger partial charge in [-0.1, -0.05) is 41.9 Å². The molecule has 4 nitrogen and oxygen atoms in total. The van der Waals surface area contributed by atoms with Crippen LogP contribution in [0.3, 0.4) is 0 Å². The Morgan fingerprint density at radius 3 is 2.41 bits per heavy atom. The molecule has 0 radical (unpaired) electrons. The number of rotatable bonds is 3. The van der Waals surface area contributed by atoms with Crippen molar-refractivity contribution in [2.45, 2.75) is 0 Å². The molecular formula is C16H12ClN3OS. The fourth-order valence-electron chi connectivity index (χ4n) is 2.03. The summed E-state index contributed by atoms with van der Waals surface area (Å²) >= 11 is 7.24. The number of primary amides is 1. The van der Waals surface area contributed by atoms with Gasteiger partial charge in [-0.15, -0.1) is 11.3 Å². The van der Waals surface area contributed by atoms with Gasteiger partial charge in [-0.05, 0) is 24.3 Å². The third-order valence-electron chi connectivity index (χ3n) is 3.06. The van der Waals surface area contributed by atoms with Gasteiger partial charge < -0.3 is 5.73 Å². The van der Waals surface area contributed by atoms with E-state index in [0.717, 1.165) is 11.3 Å². The van der Waals surface area contributed by atoms with Crippen molar-refractivity contribution >= 4 is 39.8 Å². The topological polar surface area (TPSA) is 59.2 Å². The molecule has 0 unspecified atom stereocenters. The third kappa shape index (κ3) is 2.95. The highest BCUT2D eigenvalue weighted by Crippen LogP contribution is 2.32. The molecule has 0 atom stereocenters. The van der Waals surface area contributed by atoms with E-state index in [9.17, 15) is 4.79 Å². The molecule has 0 saturated carbocycles. The first kappa shape index (κ1) is 14.6. The maximum atomic E-state index is 11.8. The van der Waals surface area contributed by atoms with Gasteiger partial charge in [-0.2, -0.15) is 0 Å². The van der Waals surface area contributed by atoms with Crippen LogP contribution in [0, 0.1) is 0 Å². The number of anilines is 2. The normalized spacial score (nSPS) is 10.4. The monoisotopic (exact) mass is 329 g/mol. The Labute approximate surface area is 136 Å². The summed E-state index contributed by atoms with van der Waals surface area (Å²) in [6.45, 7) is 0. The van der Waals surface area contributed by atoms with E-state index in [1.807, 2.05) is 35.7 Å². The lowest BCUT2D eigenvalue weighted by molar-refractivity contribution is 0.256. The van der Waals surface area contributed by atoms with Crippen molar-refractivity contribution in [3.63, 3.8) is 0 Å². The van der Waals surface area contributed by atoms with Crippen molar-refractivity contribution in [2.24, 2.45) is 5.73 Å². The van der Waals surface area contributed by atoms with Crippen LogP contribution in [0.2, 0.25) is 5.02 Å². The standard InChI is InChI=1S/C16H12ClN3OS/c17-12-6-8-13(9-7-12)20(15(18)21)16-19-14(10-22-16)11-4-2-1-3-5-11/h1-10H,(H2,18,21). The zero-order valence-electron chi connectivity index (χ0n) is 11.4. The van der Waals surface area contributed by atoms with E-state index in [0.29, 0.717) is 15.8 Å². The third-order valence-corrected chi connectivity index (χ3v) is 4.14. The minimum atomic E-state index is -0.587. The Morgan fingerprint density at radius 2 is 1.77 bits per heavy atom. The summed E-state index contributed by atoms with van der Waals surface area (Å²) in [6, 6.07) is 16.1. The van der Waals surface area contributed by atoms with E-state index in [-0.39, 0.29) is 0 Å². The zero-order chi connectivity index (χ0) is 15.5. The number of halogens is 1. The molecule has 0 aliphatic heterocycles. The number of carbonyl (C=O) groups excluding carboxylic acids is 1. The minimum Gasteiger partial charge on any atom is -0.351 e. The largest absolute Gasteiger partial charge is 0.351 e. The molecule has 0 spiro atoms. The van der Waals surface area contributed by atoms with Crippen molar-refractivity contribution in [1.29, 1.82) is 0 Å². The molecule has 2 N–H and O–H groups in total. The van der Waals surface area contributed by atoms with Crippen LogP contribution in [-0.4, -0.2) is 11.0 Å². The van der Waals surface area contributed by atoms with Crippen LogP contribution in [0.4, 0.5) is 15.6 Å². The average molecular weight is 330 g/mol. The molecule has 1 heterocycles. The van der Waals surface area contributed by atoms with E-state index in [4.69, 9.17) is 17.3 Å². The number of amides is 2. The number of thiazole rings is 1.